The molecule has 1 aromatic heterocycles. The van der Waals surface area contributed by atoms with Crippen molar-refractivity contribution in [1.82, 2.24) is 14.8 Å². The van der Waals surface area contributed by atoms with Gasteiger partial charge < -0.3 is 5.32 Å². The lowest BCUT2D eigenvalue weighted by Crippen LogP contribution is -2.09. The molecule has 0 saturated heterocycles. The van der Waals surface area contributed by atoms with E-state index >= 15 is 0 Å². The molecule has 23 heavy (non-hydrogen) atoms. The van der Waals surface area contributed by atoms with Crippen LogP contribution < -0.4 is 5.32 Å². The largest absolute Gasteiger partial charge is 0.383 e. The van der Waals surface area contributed by atoms with Crippen LogP contribution >= 0.6 is 11.6 Å². The number of hydrogen-bond donors (Lipinski definition) is 1. The van der Waals surface area contributed by atoms with Gasteiger partial charge >= 0.3 is 0 Å². The van der Waals surface area contributed by atoms with Crippen molar-refractivity contribution in [2.75, 3.05) is 11.9 Å². The summed E-state index contributed by atoms with van der Waals surface area (Å²) in [5.41, 5.74) is 4.32. The minimum absolute atomic E-state index is 0.257. The Labute approximate surface area is 140 Å². The first-order chi connectivity index (χ1) is 11.1. The number of aryl methyl sites for hydroxylation is 1. The molecule has 0 fully saturated rings. The first-order valence-electron chi connectivity index (χ1n) is 7.69. The van der Waals surface area contributed by atoms with Gasteiger partial charge in [0.1, 0.15) is 5.82 Å². The van der Waals surface area contributed by atoms with E-state index in [-0.39, 0.29) is 5.92 Å². The van der Waals surface area contributed by atoms with E-state index in [9.17, 15) is 0 Å². The Balaban J connectivity index is 1.99. The van der Waals surface area contributed by atoms with Gasteiger partial charge in [0.25, 0.3) is 0 Å². The van der Waals surface area contributed by atoms with Crippen LogP contribution in [0, 0.1) is 6.92 Å². The summed E-state index contributed by atoms with van der Waals surface area (Å²) < 4.78 is 2.14. The highest BCUT2D eigenvalue weighted by Crippen LogP contribution is 2.34. The molecule has 2 heterocycles. The SMILES string of the molecule is Cc1cccc(-c2nnc3n2-c2ccc(Cl)cc2NCC3C)c1. The molecule has 116 valence electrons. The number of anilines is 1. The van der Waals surface area contributed by atoms with Crippen molar-refractivity contribution >= 4 is 17.3 Å². The lowest BCUT2D eigenvalue weighted by atomic mass is 10.1. The zero-order valence-electron chi connectivity index (χ0n) is 13.0. The number of halogens is 1. The number of nitrogens with one attached hydrogen (secondary N) is 1. The van der Waals surface area contributed by atoms with Crippen molar-refractivity contribution in [1.29, 1.82) is 0 Å². The van der Waals surface area contributed by atoms with Crippen LogP contribution in [0.5, 0.6) is 0 Å². The van der Waals surface area contributed by atoms with Crippen molar-refractivity contribution in [3.63, 3.8) is 0 Å². The topological polar surface area (TPSA) is 42.7 Å². The van der Waals surface area contributed by atoms with Crippen LogP contribution in [0.15, 0.2) is 42.5 Å². The summed E-state index contributed by atoms with van der Waals surface area (Å²) in [6.45, 7) is 5.04. The number of benzene rings is 2. The molecular formula is C18H17ClN4. The monoisotopic (exact) mass is 324 g/mol. The molecule has 2 aromatic carbocycles. The summed E-state index contributed by atoms with van der Waals surface area (Å²) in [5, 5.41) is 13.1. The first kappa shape index (κ1) is 14.3. The Bertz CT molecular complexity index is 884. The van der Waals surface area contributed by atoms with Crippen LogP contribution in [-0.4, -0.2) is 21.3 Å². The third kappa shape index (κ3) is 2.39. The van der Waals surface area contributed by atoms with Gasteiger partial charge in [-0.3, -0.25) is 4.57 Å². The fourth-order valence-corrected chi connectivity index (χ4v) is 3.20. The summed E-state index contributed by atoms with van der Waals surface area (Å²) in [5.74, 6) is 2.09. The van der Waals surface area contributed by atoms with Gasteiger partial charge in [-0.1, -0.05) is 42.3 Å². The number of rotatable bonds is 1. The summed E-state index contributed by atoms with van der Waals surface area (Å²) in [4.78, 5) is 0. The minimum Gasteiger partial charge on any atom is -0.383 e. The van der Waals surface area contributed by atoms with Crippen LogP contribution in [0.4, 0.5) is 5.69 Å². The van der Waals surface area contributed by atoms with Crippen molar-refractivity contribution in [3.05, 3.63) is 58.9 Å². The van der Waals surface area contributed by atoms with E-state index in [2.05, 4.69) is 52.1 Å². The Morgan fingerprint density at radius 3 is 2.87 bits per heavy atom. The van der Waals surface area contributed by atoms with Crippen LogP contribution in [0.3, 0.4) is 0 Å². The number of fused-ring (bicyclic) bond motifs is 3. The molecule has 0 aliphatic carbocycles. The second-order valence-corrected chi connectivity index (χ2v) is 6.47. The Kier molecular flexibility index (Phi) is 3.34. The van der Waals surface area contributed by atoms with Crippen molar-refractivity contribution in [3.8, 4) is 17.1 Å². The minimum atomic E-state index is 0.257. The van der Waals surface area contributed by atoms with Gasteiger partial charge in [0.15, 0.2) is 5.82 Å². The molecule has 0 amide bonds. The van der Waals surface area contributed by atoms with E-state index < -0.39 is 0 Å². The molecule has 5 heteroatoms. The van der Waals surface area contributed by atoms with Crippen molar-refractivity contribution in [2.24, 2.45) is 0 Å². The van der Waals surface area contributed by atoms with E-state index in [0.29, 0.717) is 0 Å². The molecule has 0 bridgehead atoms. The van der Waals surface area contributed by atoms with Gasteiger partial charge in [-0.25, -0.2) is 0 Å². The van der Waals surface area contributed by atoms with Gasteiger partial charge in [-0.15, -0.1) is 10.2 Å². The van der Waals surface area contributed by atoms with Crippen LogP contribution in [0.1, 0.15) is 24.2 Å². The van der Waals surface area contributed by atoms with Crippen LogP contribution in [0.25, 0.3) is 17.1 Å². The zero-order chi connectivity index (χ0) is 16.0. The summed E-state index contributed by atoms with van der Waals surface area (Å²) in [6, 6.07) is 14.2. The normalized spacial score (nSPS) is 16.2. The summed E-state index contributed by atoms with van der Waals surface area (Å²) in [6.07, 6.45) is 0. The zero-order valence-corrected chi connectivity index (χ0v) is 13.8. The molecule has 0 spiro atoms. The van der Waals surface area contributed by atoms with Gasteiger partial charge in [-0.05, 0) is 31.2 Å². The number of aromatic nitrogens is 3. The molecular weight excluding hydrogens is 308 g/mol. The molecule has 3 aromatic rings. The van der Waals surface area contributed by atoms with Gasteiger partial charge in [0.05, 0.1) is 11.4 Å². The van der Waals surface area contributed by atoms with E-state index in [0.717, 1.165) is 40.2 Å². The molecule has 1 unspecified atom stereocenters. The van der Waals surface area contributed by atoms with E-state index in [1.165, 1.54) is 5.56 Å². The highest BCUT2D eigenvalue weighted by atomic mass is 35.5. The first-order valence-corrected chi connectivity index (χ1v) is 8.07. The third-order valence-corrected chi connectivity index (χ3v) is 4.44. The maximum atomic E-state index is 6.16. The van der Waals surface area contributed by atoms with Gasteiger partial charge in [0, 0.05) is 23.0 Å². The second kappa shape index (κ2) is 5.39. The Morgan fingerprint density at radius 1 is 1.17 bits per heavy atom. The molecule has 0 saturated carbocycles. The quantitative estimate of drug-likeness (QED) is 0.720. The smallest absolute Gasteiger partial charge is 0.168 e. The summed E-state index contributed by atoms with van der Waals surface area (Å²) >= 11 is 6.16. The highest BCUT2D eigenvalue weighted by Gasteiger charge is 2.25. The standard InChI is InChI=1S/C18H17ClN4/c1-11-4-3-5-13(8-11)18-22-21-17-12(2)10-20-15-9-14(19)6-7-16(15)23(17)18/h3-9,12,20H,10H2,1-2H3. The van der Waals surface area contributed by atoms with Gasteiger partial charge in [-0.2, -0.15) is 0 Å². The Morgan fingerprint density at radius 2 is 2.04 bits per heavy atom. The predicted molar refractivity (Wildman–Crippen MR) is 93.4 cm³/mol. The van der Waals surface area contributed by atoms with E-state index in [1.807, 2.05) is 24.3 Å². The fourth-order valence-electron chi connectivity index (χ4n) is 3.02. The molecule has 1 aliphatic heterocycles. The number of hydrogen-bond acceptors (Lipinski definition) is 3. The summed E-state index contributed by atoms with van der Waals surface area (Å²) in [7, 11) is 0. The highest BCUT2D eigenvalue weighted by molar-refractivity contribution is 6.31. The molecule has 4 nitrogen and oxygen atoms in total. The molecule has 1 N–H and O–H groups in total. The number of nitrogens with zero attached hydrogens (tertiary/aromatic N) is 3. The van der Waals surface area contributed by atoms with Crippen LogP contribution in [0.2, 0.25) is 5.02 Å². The van der Waals surface area contributed by atoms with E-state index in [4.69, 9.17) is 11.6 Å². The Hall–Kier alpha value is -2.33. The molecule has 0 radical (unpaired) electrons. The lowest BCUT2D eigenvalue weighted by Gasteiger charge is -2.12. The van der Waals surface area contributed by atoms with E-state index in [1.54, 1.807) is 0 Å². The maximum absolute atomic E-state index is 6.16. The van der Waals surface area contributed by atoms with Crippen molar-refractivity contribution in [2.45, 2.75) is 19.8 Å². The molecule has 1 aliphatic rings. The van der Waals surface area contributed by atoms with Gasteiger partial charge in [0.2, 0.25) is 0 Å². The third-order valence-electron chi connectivity index (χ3n) is 4.20. The average Bonchev–Trinajstić information content (AvgIpc) is 2.92. The second-order valence-electron chi connectivity index (χ2n) is 6.03. The predicted octanol–water partition coefficient (Wildman–Crippen LogP) is 4.43. The lowest BCUT2D eigenvalue weighted by molar-refractivity contribution is 0.725. The maximum Gasteiger partial charge on any atom is 0.168 e. The molecule has 1 atom stereocenters. The average molecular weight is 325 g/mol. The van der Waals surface area contributed by atoms with Crippen LogP contribution in [-0.2, 0) is 0 Å². The van der Waals surface area contributed by atoms with Crippen molar-refractivity contribution < 1.29 is 0 Å². The molecule has 4 rings (SSSR count). The fraction of sp³-hybridized carbons (Fsp3) is 0.222.